The highest BCUT2D eigenvalue weighted by molar-refractivity contribution is 5.95. The van der Waals surface area contributed by atoms with Crippen LogP contribution < -0.4 is 38.1 Å². The number of aliphatic hydroxyl groups excluding tert-OH is 1. The normalized spacial score (nSPS) is 13.9. The predicted molar refractivity (Wildman–Crippen MR) is 128 cm³/mol. The summed E-state index contributed by atoms with van der Waals surface area (Å²) in [5.41, 5.74) is 10.8. The lowest BCUT2D eigenvalue weighted by Gasteiger charge is -2.22. The average Bonchev–Trinajstić information content (AvgIpc) is 2.80. The topological polar surface area (TPSA) is 272 Å². The van der Waals surface area contributed by atoms with Gasteiger partial charge < -0.3 is 48.3 Å². The molecule has 11 N–H and O–H groups in total. The molecule has 37 heavy (non-hydrogen) atoms. The van der Waals surface area contributed by atoms with E-state index in [0.29, 0.717) is 6.42 Å². The molecule has 0 fully saturated rings. The fraction of sp³-hybridized carbons (Fsp3) is 0.667. The molecular weight excluding hydrogens is 494 g/mol. The fourth-order valence-corrected chi connectivity index (χ4v) is 2.83. The number of hydrogen-bond donors (Lipinski definition) is 9. The first-order valence-electron chi connectivity index (χ1n) is 11.5. The van der Waals surface area contributed by atoms with E-state index in [1.165, 1.54) is 6.92 Å². The van der Waals surface area contributed by atoms with Gasteiger partial charge in [0, 0.05) is 6.42 Å². The molecule has 6 amide bonds. The summed E-state index contributed by atoms with van der Waals surface area (Å²) in [5.74, 6) is -6.02. The molecule has 4 atom stereocenters. The Labute approximate surface area is 213 Å². The zero-order valence-electron chi connectivity index (χ0n) is 21.0. The van der Waals surface area contributed by atoms with Gasteiger partial charge in [-0.25, -0.2) is 0 Å². The molecular formula is C21H37N7O9. The van der Waals surface area contributed by atoms with Crippen molar-refractivity contribution >= 4 is 41.4 Å². The number of nitrogens with two attached hydrogens (primary N) is 2. The van der Waals surface area contributed by atoms with E-state index < -0.39 is 85.3 Å². The van der Waals surface area contributed by atoms with Crippen LogP contribution in [0.15, 0.2) is 0 Å². The molecule has 16 nitrogen and oxygen atoms in total. The van der Waals surface area contributed by atoms with Crippen LogP contribution in [0.2, 0.25) is 0 Å². The van der Waals surface area contributed by atoms with E-state index in [0.717, 1.165) is 0 Å². The minimum atomic E-state index is -1.52. The summed E-state index contributed by atoms with van der Waals surface area (Å²) in [6, 6.07) is -4.94. The van der Waals surface area contributed by atoms with E-state index in [9.17, 15) is 38.7 Å². The molecule has 210 valence electrons. The van der Waals surface area contributed by atoms with Gasteiger partial charge in [-0.3, -0.25) is 33.6 Å². The summed E-state index contributed by atoms with van der Waals surface area (Å²) in [6.07, 6.45) is -0.195. The molecule has 0 saturated carbocycles. The summed E-state index contributed by atoms with van der Waals surface area (Å²) >= 11 is 0. The summed E-state index contributed by atoms with van der Waals surface area (Å²) < 4.78 is 0. The molecule has 0 rings (SSSR count). The Kier molecular flexibility index (Phi) is 15.1. The second-order valence-corrected chi connectivity index (χ2v) is 8.67. The average molecular weight is 532 g/mol. The van der Waals surface area contributed by atoms with Crippen molar-refractivity contribution in [2.24, 2.45) is 17.4 Å². The molecule has 0 radical (unpaired) electrons. The highest BCUT2D eigenvalue weighted by Gasteiger charge is 2.27. The molecule has 0 aromatic rings. The van der Waals surface area contributed by atoms with Gasteiger partial charge >= 0.3 is 5.97 Å². The number of aliphatic carboxylic acids is 1. The van der Waals surface area contributed by atoms with Crippen molar-refractivity contribution in [1.82, 2.24) is 26.6 Å². The molecule has 16 heteroatoms. The molecule has 0 spiro atoms. The number of primary amides is 1. The number of amides is 6. The van der Waals surface area contributed by atoms with E-state index in [2.05, 4.69) is 26.6 Å². The van der Waals surface area contributed by atoms with E-state index >= 15 is 0 Å². The largest absolute Gasteiger partial charge is 0.480 e. The second-order valence-electron chi connectivity index (χ2n) is 8.67. The Bertz CT molecular complexity index is 850. The van der Waals surface area contributed by atoms with E-state index in [1.807, 2.05) is 13.8 Å². The van der Waals surface area contributed by atoms with Crippen LogP contribution in [0.1, 0.15) is 40.0 Å². The predicted octanol–water partition coefficient (Wildman–Crippen LogP) is -4.59. The Morgan fingerprint density at radius 1 is 0.784 bits per heavy atom. The lowest BCUT2D eigenvalue weighted by atomic mass is 10.0. The standard InChI is InChI=1S/C21H37N7O9/c1-10(2)6-12(22)18(33)24-8-17(32)27-14(9-29)20(35)28-13(4-5-15(23)30)19(34)25-7-16(31)26-11(3)21(36)37/h10-14,29H,4-9,22H2,1-3H3,(H2,23,30)(H,24,33)(H,25,34)(H,26,31)(H,27,32)(H,28,35)(H,36,37)/t11-,12-,13-,14-/m0/s1. The lowest BCUT2D eigenvalue weighted by molar-refractivity contribution is -0.141. The van der Waals surface area contributed by atoms with Gasteiger partial charge in [0.25, 0.3) is 0 Å². The number of hydrogen-bond acceptors (Lipinski definition) is 9. The number of carbonyl (C=O) groups excluding carboxylic acids is 6. The molecule has 0 bridgehead atoms. The van der Waals surface area contributed by atoms with Crippen molar-refractivity contribution in [1.29, 1.82) is 0 Å². The number of carboxylic acids is 1. The van der Waals surface area contributed by atoms with Crippen LogP contribution in [0.25, 0.3) is 0 Å². The molecule has 0 aromatic heterocycles. The van der Waals surface area contributed by atoms with Gasteiger partial charge in [-0.1, -0.05) is 13.8 Å². The monoisotopic (exact) mass is 531 g/mol. The van der Waals surface area contributed by atoms with Gasteiger partial charge in [-0.15, -0.1) is 0 Å². The van der Waals surface area contributed by atoms with E-state index in [4.69, 9.17) is 16.6 Å². The smallest absolute Gasteiger partial charge is 0.325 e. The first-order chi connectivity index (χ1) is 17.2. The number of aliphatic hydroxyl groups is 1. The number of nitrogens with one attached hydrogen (secondary N) is 5. The maximum absolute atomic E-state index is 12.6. The quantitative estimate of drug-likeness (QED) is 0.0866. The Morgan fingerprint density at radius 3 is 1.81 bits per heavy atom. The summed E-state index contributed by atoms with van der Waals surface area (Å²) in [6.45, 7) is 2.94. The number of carboxylic acid groups (broad SMARTS) is 1. The van der Waals surface area contributed by atoms with Gasteiger partial charge in [0.15, 0.2) is 0 Å². The first-order valence-corrected chi connectivity index (χ1v) is 11.5. The SMILES string of the molecule is CC(C)C[C@H](N)C(=O)NCC(=O)N[C@@H](CO)C(=O)N[C@@H](CCC(N)=O)C(=O)NCC(=O)N[C@@H](C)C(=O)O. The Balaban J connectivity index is 5.03. The van der Waals surface area contributed by atoms with Crippen molar-refractivity contribution in [2.75, 3.05) is 19.7 Å². The maximum atomic E-state index is 12.6. The third-order valence-corrected chi connectivity index (χ3v) is 4.80. The number of rotatable bonds is 17. The van der Waals surface area contributed by atoms with Crippen LogP contribution in [0, 0.1) is 5.92 Å². The first kappa shape index (κ1) is 33.2. The van der Waals surface area contributed by atoms with Gasteiger partial charge in [0.1, 0.15) is 18.1 Å². The van der Waals surface area contributed by atoms with Crippen molar-refractivity contribution in [3.05, 3.63) is 0 Å². The van der Waals surface area contributed by atoms with Crippen LogP contribution in [-0.2, 0) is 33.6 Å². The van der Waals surface area contributed by atoms with Crippen LogP contribution in [0.4, 0.5) is 0 Å². The molecule has 0 unspecified atom stereocenters. The van der Waals surface area contributed by atoms with Crippen LogP contribution in [-0.4, -0.2) is 95.5 Å². The highest BCUT2D eigenvalue weighted by atomic mass is 16.4. The third kappa shape index (κ3) is 14.4. The molecule has 0 aromatic carbocycles. The molecule has 0 aliphatic heterocycles. The Hall–Kier alpha value is -3.79. The second kappa shape index (κ2) is 16.8. The van der Waals surface area contributed by atoms with Gasteiger partial charge in [-0.2, -0.15) is 0 Å². The highest BCUT2D eigenvalue weighted by Crippen LogP contribution is 2.02. The van der Waals surface area contributed by atoms with E-state index in [-0.39, 0.29) is 18.8 Å². The van der Waals surface area contributed by atoms with Gasteiger partial charge in [0.05, 0.1) is 25.7 Å². The Morgan fingerprint density at radius 2 is 1.32 bits per heavy atom. The molecule has 0 aliphatic carbocycles. The van der Waals surface area contributed by atoms with Crippen molar-refractivity contribution in [2.45, 2.75) is 64.2 Å². The van der Waals surface area contributed by atoms with Gasteiger partial charge in [0.2, 0.25) is 35.4 Å². The summed E-state index contributed by atoms with van der Waals surface area (Å²) in [7, 11) is 0. The zero-order chi connectivity index (χ0) is 28.7. The number of carbonyl (C=O) groups is 7. The summed E-state index contributed by atoms with van der Waals surface area (Å²) in [5, 5.41) is 29.4. The van der Waals surface area contributed by atoms with Crippen LogP contribution in [0.3, 0.4) is 0 Å². The zero-order valence-corrected chi connectivity index (χ0v) is 21.0. The van der Waals surface area contributed by atoms with Crippen molar-refractivity contribution in [3.8, 4) is 0 Å². The van der Waals surface area contributed by atoms with Crippen LogP contribution >= 0.6 is 0 Å². The third-order valence-electron chi connectivity index (χ3n) is 4.80. The van der Waals surface area contributed by atoms with E-state index in [1.54, 1.807) is 0 Å². The van der Waals surface area contributed by atoms with Crippen LogP contribution in [0.5, 0.6) is 0 Å². The van der Waals surface area contributed by atoms with Crippen molar-refractivity contribution in [3.63, 3.8) is 0 Å². The minimum absolute atomic E-state index is 0.152. The fourth-order valence-electron chi connectivity index (χ4n) is 2.83. The minimum Gasteiger partial charge on any atom is -0.480 e. The lowest BCUT2D eigenvalue weighted by Crippen LogP contribution is -2.57. The maximum Gasteiger partial charge on any atom is 0.325 e. The summed E-state index contributed by atoms with van der Waals surface area (Å²) in [4.78, 5) is 82.8. The molecule has 0 aliphatic rings. The van der Waals surface area contributed by atoms with Crippen molar-refractivity contribution < 1.29 is 43.8 Å². The van der Waals surface area contributed by atoms with Gasteiger partial charge in [-0.05, 0) is 25.7 Å². The molecule has 0 saturated heterocycles. The molecule has 0 heterocycles.